The van der Waals surface area contributed by atoms with E-state index in [1.165, 1.54) is 6.20 Å². The molecule has 1 fully saturated rings. The molecule has 0 bridgehead atoms. The van der Waals surface area contributed by atoms with Crippen molar-refractivity contribution in [2.24, 2.45) is 21.5 Å². The van der Waals surface area contributed by atoms with Crippen LogP contribution in [0.1, 0.15) is 18.4 Å². The predicted molar refractivity (Wildman–Crippen MR) is 101 cm³/mol. The number of alkyl halides is 1. The highest BCUT2D eigenvalue weighted by Crippen LogP contribution is 2.33. The number of nitrogens with two attached hydrogens (primary N) is 2. The maximum atomic E-state index is 12.9. The molecule has 0 amide bonds. The van der Waals surface area contributed by atoms with Gasteiger partial charge in [-0.15, -0.1) is 0 Å². The number of ether oxygens (including phenoxy) is 1. The third-order valence-corrected chi connectivity index (χ3v) is 3.75. The third kappa shape index (κ3) is 4.37. The number of anilines is 1. The monoisotopic (exact) mass is 359 g/mol. The lowest BCUT2D eigenvalue weighted by Crippen LogP contribution is -2.36. The van der Waals surface area contributed by atoms with Gasteiger partial charge in [-0.3, -0.25) is 4.99 Å². The third-order valence-electron chi connectivity index (χ3n) is 3.75. The number of halogens is 1. The van der Waals surface area contributed by atoms with Crippen molar-refractivity contribution in [3.63, 3.8) is 0 Å². The van der Waals surface area contributed by atoms with Crippen LogP contribution in [0, 0.1) is 0 Å². The van der Waals surface area contributed by atoms with Crippen LogP contribution < -0.4 is 26.8 Å². The van der Waals surface area contributed by atoms with E-state index < -0.39 is 12.8 Å². The van der Waals surface area contributed by atoms with Gasteiger partial charge in [0.2, 0.25) is 0 Å². The summed E-state index contributed by atoms with van der Waals surface area (Å²) in [5.74, 6) is 1.87. The molecule has 0 saturated heterocycles. The molecule has 26 heavy (non-hydrogen) atoms. The van der Waals surface area contributed by atoms with Gasteiger partial charge in [0.15, 0.2) is 0 Å². The normalized spacial score (nSPS) is 20.4. The SMILES string of the molecule is CN=C/C(=C\N)c1cnc(NC2=CC(N)N=C(CF)N2)cc1OC1CC1. The van der Waals surface area contributed by atoms with Gasteiger partial charge in [-0.05, 0) is 18.9 Å². The second-order valence-electron chi connectivity index (χ2n) is 5.92. The second kappa shape index (κ2) is 7.96. The van der Waals surface area contributed by atoms with Crippen molar-refractivity contribution in [2.45, 2.75) is 25.1 Å². The first-order valence-electron chi connectivity index (χ1n) is 8.28. The summed E-state index contributed by atoms with van der Waals surface area (Å²) in [4.78, 5) is 12.3. The molecule has 1 aliphatic carbocycles. The molecular formula is C17H22FN7O. The summed E-state index contributed by atoms with van der Waals surface area (Å²) in [6.07, 6.45) is 8.05. The number of aliphatic imine (C=N–C) groups is 2. The van der Waals surface area contributed by atoms with Crippen molar-refractivity contribution in [2.75, 3.05) is 19.0 Å². The lowest BCUT2D eigenvalue weighted by molar-refractivity contribution is 0.302. The Balaban J connectivity index is 1.84. The Morgan fingerprint density at radius 3 is 3.00 bits per heavy atom. The van der Waals surface area contributed by atoms with Gasteiger partial charge in [0.25, 0.3) is 0 Å². The first-order valence-corrected chi connectivity index (χ1v) is 8.28. The Labute approximate surface area is 150 Å². The van der Waals surface area contributed by atoms with Gasteiger partial charge < -0.3 is 26.8 Å². The van der Waals surface area contributed by atoms with Crippen molar-refractivity contribution < 1.29 is 9.13 Å². The minimum absolute atomic E-state index is 0.168. The Kier molecular flexibility index (Phi) is 5.47. The highest BCUT2D eigenvalue weighted by Gasteiger charge is 2.25. The quantitative estimate of drug-likeness (QED) is 0.541. The minimum atomic E-state index is -0.726. The maximum absolute atomic E-state index is 12.9. The molecule has 1 aromatic heterocycles. The van der Waals surface area contributed by atoms with Crippen molar-refractivity contribution in [1.29, 1.82) is 0 Å². The van der Waals surface area contributed by atoms with E-state index in [2.05, 4.69) is 25.6 Å². The smallest absolute Gasteiger partial charge is 0.147 e. The van der Waals surface area contributed by atoms with Gasteiger partial charge in [-0.2, -0.15) is 0 Å². The molecule has 8 nitrogen and oxygen atoms in total. The first kappa shape index (κ1) is 17.9. The molecule has 2 aliphatic rings. The molecule has 1 atom stereocenters. The number of hydrogen-bond donors (Lipinski definition) is 4. The summed E-state index contributed by atoms with van der Waals surface area (Å²) in [7, 11) is 1.67. The summed E-state index contributed by atoms with van der Waals surface area (Å²) < 4.78 is 18.9. The maximum Gasteiger partial charge on any atom is 0.147 e. The molecular weight excluding hydrogens is 337 g/mol. The summed E-state index contributed by atoms with van der Waals surface area (Å²) in [5, 5.41) is 5.91. The summed E-state index contributed by atoms with van der Waals surface area (Å²) in [6.45, 7) is -0.726. The Morgan fingerprint density at radius 2 is 2.35 bits per heavy atom. The summed E-state index contributed by atoms with van der Waals surface area (Å²) >= 11 is 0. The average molecular weight is 359 g/mol. The highest BCUT2D eigenvalue weighted by atomic mass is 19.1. The molecule has 1 aromatic rings. The average Bonchev–Trinajstić information content (AvgIpc) is 3.44. The fraction of sp³-hybridized carbons (Fsp3) is 0.353. The molecule has 6 N–H and O–H groups in total. The molecule has 1 unspecified atom stereocenters. The molecule has 0 radical (unpaired) electrons. The molecule has 9 heteroatoms. The van der Waals surface area contributed by atoms with E-state index in [1.54, 1.807) is 31.6 Å². The number of nitrogens with one attached hydrogen (secondary N) is 2. The van der Waals surface area contributed by atoms with E-state index in [0.29, 0.717) is 23.0 Å². The summed E-state index contributed by atoms with van der Waals surface area (Å²) in [5.41, 5.74) is 12.9. The van der Waals surface area contributed by atoms with Crippen LogP contribution in [0.2, 0.25) is 0 Å². The largest absolute Gasteiger partial charge is 0.490 e. The zero-order valence-electron chi connectivity index (χ0n) is 14.4. The van der Waals surface area contributed by atoms with Crippen molar-refractivity contribution in [3.8, 4) is 5.75 Å². The van der Waals surface area contributed by atoms with E-state index in [1.807, 2.05) is 0 Å². The molecule has 1 saturated carbocycles. The van der Waals surface area contributed by atoms with Crippen molar-refractivity contribution >= 4 is 23.4 Å². The van der Waals surface area contributed by atoms with Crippen LogP contribution >= 0.6 is 0 Å². The number of pyridine rings is 1. The van der Waals surface area contributed by atoms with E-state index in [-0.39, 0.29) is 11.9 Å². The first-order chi connectivity index (χ1) is 12.6. The Morgan fingerprint density at radius 1 is 1.54 bits per heavy atom. The van der Waals surface area contributed by atoms with Gasteiger partial charge in [0, 0.05) is 42.9 Å². The highest BCUT2D eigenvalue weighted by molar-refractivity contribution is 6.10. The van der Waals surface area contributed by atoms with Gasteiger partial charge in [-0.1, -0.05) is 0 Å². The Hall–Kier alpha value is -2.94. The molecule has 3 rings (SSSR count). The standard InChI is InChI=1S/C17H22FN7O/c1-21-8-10(7-19)12-9-22-15(4-13(12)26-11-2-3-11)24-16-5-14(20)23-17(6-18)25-16/h4-5,7-9,11,14H,2-3,6,19-20H2,1H3,(H,22,24)(H,23,25)/b10-7+,21-8?. The minimum Gasteiger partial charge on any atom is -0.490 e. The van der Waals surface area contributed by atoms with Crippen molar-refractivity contribution in [3.05, 3.63) is 35.9 Å². The van der Waals surface area contributed by atoms with E-state index in [9.17, 15) is 4.39 Å². The lowest BCUT2D eigenvalue weighted by atomic mass is 10.1. The fourth-order valence-corrected chi connectivity index (χ4v) is 2.42. The second-order valence-corrected chi connectivity index (χ2v) is 5.92. The number of rotatable bonds is 7. The number of allylic oxidation sites excluding steroid dienone is 1. The zero-order chi connectivity index (χ0) is 18.5. The van der Waals surface area contributed by atoms with E-state index in [4.69, 9.17) is 16.2 Å². The van der Waals surface area contributed by atoms with Crippen LogP contribution in [0.15, 0.2) is 40.3 Å². The number of aromatic nitrogens is 1. The van der Waals surface area contributed by atoms with E-state index in [0.717, 1.165) is 18.4 Å². The zero-order valence-corrected chi connectivity index (χ0v) is 14.4. The number of amidine groups is 1. The van der Waals surface area contributed by atoms with Gasteiger partial charge in [0.05, 0.1) is 6.10 Å². The molecule has 0 spiro atoms. The fourth-order valence-electron chi connectivity index (χ4n) is 2.42. The van der Waals surface area contributed by atoms with Crippen LogP contribution in [0.4, 0.5) is 10.2 Å². The molecule has 2 heterocycles. The van der Waals surface area contributed by atoms with Crippen LogP contribution in [-0.2, 0) is 0 Å². The predicted octanol–water partition coefficient (Wildman–Crippen LogP) is 1.13. The topological polar surface area (TPSA) is 123 Å². The van der Waals surface area contributed by atoms with Crippen molar-refractivity contribution in [1.82, 2.24) is 10.3 Å². The lowest BCUT2D eigenvalue weighted by Gasteiger charge is -2.20. The van der Waals surface area contributed by atoms with Crippen LogP contribution in [0.25, 0.3) is 5.57 Å². The van der Waals surface area contributed by atoms with Gasteiger partial charge in [0.1, 0.15) is 36.1 Å². The van der Waals surface area contributed by atoms with Crippen LogP contribution in [0.5, 0.6) is 5.75 Å². The number of nitrogens with zero attached hydrogens (tertiary/aromatic N) is 3. The van der Waals surface area contributed by atoms with Crippen LogP contribution in [-0.4, -0.2) is 43.0 Å². The summed E-state index contributed by atoms with van der Waals surface area (Å²) in [6, 6.07) is 1.77. The molecule has 1 aliphatic heterocycles. The number of hydrogen-bond acceptors (Lipinski definition) is 8. The molecule has 0 aromatic carbocycles. The van der Waals surface area contributed by atoms with E-state index >= 15 is 0 Å². The van der Waals surface area contributed by atoms with Crippen LogP contribution in [0.3, 0.4) is 0 Å². The van der Waals surface area contributed by atoms with Gasteiger partial charge >= 0.3 is 0 Å². The Bertz CT molecular complexity index is 783. The molecule has 138 valence electrons. The van der Waals surface area contributed by atoms with Gasteiger partial charge in [-0.25, -0.2) is 14.4 Å².